The van der Waals surface area contributed by atoms with Gasteiger partial charge in [-0.3, -0.25) is 9.52 Å². The van der Waals surface area contributed by atoms with Crippen LogP contribution in [-0.2, 0) is 10.0 Å². The van der Waals surface area contributed by atoms with Gasteiger partial charge in [-0.1, -0.05) is 19.1 Å². The second-order valence-electron chi connectivity index (χ2n) is 4.50. The Labute approximate surface area is 122 Å². The molecule has 1 aromatic heterocycles. The van der Waals surface area contributed by atoms with Gasteiger partial charge in [0.1, 0.15) is 0 Å². The number of aromatic nitrogens is 2. The summed E-state index contributed by atoms with van der Waals surface area (Å²) in [5, 5.41) is 5.77. The fourth-order valence-corrected chi connectivity index (χ4v) is 2.80. The first-order valence-electron chi connectivity index (χ1n) is 6.36. The van der Waals surface area contributed by atoms with Crippen LogP contribution in [-0.4, -0.2) is 18.6 Å². The minimum absolute atomic E-state index is 0.0415. The molecule has 0 fully saturated rings. The van der Waals surface area contributed by atoms with Crippen molar-refractivity contribution in [2.75, 3.05) is 4.72 Å². The summed E-state index contributed by atoms with van der Waals surface area (Å²) >= 11 is 0. The van der Waals surface area contributed by atoms with Crippen molar-refractivity contribution < 1.29 is 8.42 Å². The Balaban J connectivity index is 2.31. The number of H-pyrrole nitrogens is 1. The number of sulfonamides is 1. The standard InChI is InChI=1S/C13H16N4O3S/c1-2-11(14)9-4-3-5-10(8-9)21(19,20)17-12-6-7-13(18)16-15-12/h3-8,11H,2,14H2,1H3,(H,15,17)(H,16,18). The molecule has 2 aromatic rings. The number of aromatic amines is 1. The smallest absolute Gasteiger partial charge is 0.264 e. The number of rotatable bonds is 5. The largest absolute Gasteiger partial charge is 0.324 e. The first-order valence-corrected chi connectivity index (χ1v) is 7.85. The summed E-state index contributed by atoms with van der Waals surface area (Å²) in [4.78, 5) is 11.0. The topological polar surface area (TPSA) is 118 Å². The minimum Gasteiger partial charge on any atom is -0.324 e. The molecule has 0 aliphatic rings. The Morgan fingerprint density at radius 2 is 2.10 bits per heavy atom. The zero-order valence-corrected chi connectivity index (χ0v) is 12.2. The maximum Gasteiger partial charge on any atom is 0.264 e. The van der Waals surface area contributed by atoms with E-state index in [2.05, 4.69) is 14.9 Å². The van der Waals surface area contributed by atoms with Crippen LogP contribution in [0.4, 0.5) is 5.82 Å². The van der Waals surface area contributed by atoms with Gasteiger partial charge in [0.05, 0.1) is 4.90 Å². The van der Waals surface area contributed by atoms with Crippen molar-refractivity contribution in [3.8, 4) is 0 Å². The number of hydrogen-bond donors (Lipinski definition) is 3. The lowest BCUT2D eigenvalue weighted by Crippen LogP contribution is -2.17. The van der Waals surface area contributed by atoms with Gasteiger partial charge in [0.2, 0.25) is 0 Å². The molecule has 0 amide bonds. The third kappa shape index (κ3) is 3.67. The predicted molar refractivity (Wildman–Crippen MR) is 79.3 cm³/mol. The van der Waals surface area contributed by atoms with E-state index in [1.807, 2.05) is 6.92 Å². The summed E-state index contributed by atoms with van der Waals surface area (Å²) in [6, 6.07) is 8.69. The van der Waals surface area contributed by atoms with Crippen LogP contribution in [0.5, 0.6) is 0 Å². The molecule has 0 radical (unpaired) electrons. The SMILES string of the molecule is CCC(N)c1cccc(S(=O)(=O)Nc2ccc(=O)[nH]n2)c1. The molecule has 2 rings (SSSR count). The second-order valence-corrected chi connectivity index (χ2v) is 6.18. The van der Waals surface area contributed by atoms with Crippen molar-refractivity contribution >= 4 is 15.8 Å². The van der Waals surface area contributed by atoms with Crippen LogP contribution >= 0.6 is 0 Å². The average molecular weight is 308 g/mol. The molecule has 0 saturated heterocycles. The van der Waals surface area contributed by atoms with Crippen LogP contribution in [0.2, 0.25) is 0 Å². The van der Waals surface area contributed by atoms with E-state index >= 15 is 0 Å². The normalized spacial score (nSPS) is 12.9. The van der Waals surface area contributed by atoms with Crippen molar-refractivity contribution in [2.24, 2.45) is 5.73 Å². The maximum absolute atomic E-state index is 12.3. The second kappa shape index (κ2) is 6.06. The van der Waals surface area contributed by atoms with Gasteiger partial charge in [-0.05, 0) is 30.2 Å². The van der Waals surface area contributed by atoms with Gasteiger partial charge in [0, 0.05) is 12.1 Å². The molecule has 0 bridgehead atoms. The van der Waals surface area contributed by atoms with Gasteiger partial charge >= 0.3 is 0 Å². The molecule has 1 aromatic carbocycles. The van der Waals surface area contributed by atoms with Crippen molar-refractivity contribution in [3.05, 3.63) is 52.3 Å². The Morgan fingerprint density at radius 1 is 1.33 bits per heavy atom. The van der Waals surface area contributed by atoms with E-state index < -0.39 is 15.6 Å². The highest BCUT2D eigenvalue weighted by atomic mass is 32.2. The zero-order chi connectivity index (χ0) is 15.5. The number of nitrogens with two attached hydrogens (primary N) is 1. The van der Waals surface area contributed by atoms with Crippen LogP contribution < -0.4 is 16.0 Å². The highest BCUT2D eigenvalue weighted by Crippen LogP contribution is 2.19. The molecular formula is C13H16N4O3S. The van der Waals surface area contributed by atoms with Crippen LogP contribution in [0.3, 0.4) is 0 Å². The van der Waals surface area contributed by atoms with E-state index in [-0.39, 0.29) is 16.8 Å². The van der Waals surface area contributed by atoms with Crippen LogP contribution in [0.1, 0.15) is 24.9 Å². The summed E-state index contributed by atoms with van der Waals surface area (Å²) in [6.07, 6.45) is 0.707. The van der Waals surface area contributed by atoms with Gasteiger partial charge in [-0.15, -0.1) is 0 Å². The minimum atomic E-state index is -3.78. The third-order valence-corrected chi connectivity index (χ3v) is 4.31. The Kier molecular flexibility index (Phi) is 4.39. The summed E-state index contributed by atoms with van der Waals surface area (Å²) in [5.41, 5.74) is 6.25. The van der Waals surface area contributed by atoms with Crippen molar-refractivity contribution in [2.45, 2.75) is 24.3 Å². The van der Waals surface area contributed by atoms with E-state index in [0.717, 1.165) is 5.56 Å². The monoisotopic (exact) mass is 308 g/mol. The lowest BCUT2D eigenvalue weighted by Gasteiger charge is -2.12. The van der Waals surface area contributed by atoms with E-state index in [1.165, 1.54) is 24.3 Å². The average Bonchev–Trinajstić information content (AvgIpc) is 2.49. The number of nitrogens with zero attached hydrogens (tertiary/aromatic N) is 1. The molecule has 112 valence electrons. The molecule has 4 N–H and O–H groups in total. The molecule has 1 unspecified atom stereocenters. The number of anilines is 1. The maximum atomic E-state index is 12.3. The number of hydrogen-bond acceptors (Lipinski definition) is 5. The predicted octanol–water partition coefficient (Wildman–Crippen LogP) is 0.980. The molecule has 21 heavy (non-hydrogen) atoms. The summed E-state index contributed by atoms with van der Waals surface area (Å²) in [5.74, 6) is 0.0415. The first kappa shape index (κ1) is 15.2. The van der Waals surface area contributed by atoms with Gasteiger partial charge in [-0.2, -0.15) is 5.10 Å². The van der Waals surface area contributed by atoms with Crippen molar-refractivity contribution in [1.82, 2.24) is 10.2 Å². The number of nitrogens with one attached hydrogen (secondary N) is 2. The molecular weight excluding hydrogens is 292 g/mol. The summed E-state index contributed by atoms with van der Waals surface area (Å²) < 4.78 is 26.8. The highest BCUT2D eigenvalue weighted by molar-refractivity contribution is 7.92. The van der Waals surface area contributed by atoms with E-state index in [0.29, 0.717) is 6.42 Å². The Bertz CT molecular complexity index is 766. The highest BCUT2D eigenvalue weighted by Gasteiger charge is 2.16. The Hall–Kier alpha value is -2.19. The fraction of sp³-hybridized carbons (Fsp3) is 0.231. The lowest BCUT2D eigenvalue weighted by atomic mass is 10.1. The van der Waals surface area contributed by atoms with Gasteiger partial charge in [-0.25, -0.2) is 13.5 Å². The first-order chi connectivity index (χ1) is 9.92. The molecule has 0 spiro atoms. The van der Waals surface area contributed by atoms with Crippen molar-refractivity contribution in [3.63, 3.8) is 0 Å². The van der Waals surface area contributed by atoms with Gasteiger partial charge in [0.25, 0.3) is 15.6 Å². The molecule has 8 heteroatoms. The van der Waals surface area contributed by atoms with Crippen LogP contribution in [0.15, 0.2) is 46.1 Å². The van der Waals surface area contributed by atoms with E-state index in [4.69, 9.17) is 5.73 Å². The third-order valence-electron chi connectivity index (χ3n) is 2.95. The van der Waals surface area contributed by atoms with E-state index in [1.54, 1.807) is 12.1 Å². The molecule has 1 heterocycles. The molecule has 7 nitrogen and oxygen atoms in total. The fourth-order valence-electron chi connectivity index (χ4n) is 1.75. The molecule has 0 aliphatic heterocycles. The number of benzene rings is 1. The lowest BCUT2D eigenvalue weighted by molar-refractivity contribution is 0.600. The van der Waals surface area contributed by atoms with Crippen LogP contribution in [0, 0.1) is 0 Å². The Morgan fingerprint density at radius 3 is 2.71 bits per heavy atom. The van der Waals surface area contributed by atoms with Crippen molar-refractivity contribution in [1.29, 1.82) is 0 Å². The summed E-state index contributed by atoms with van der Waals surface area (Å²) in [7, 11) is -3.78. The molecule has 0 saturated carbocycles. The van der Waals surface area contributed by atoms with E-state index in [9.17, 15) is 13.2 Å². The summed E-state index contributed by atoms with van der Waals surface area (Å²) in [6.45, 7) is 1.92. The van der Waals surface area contributed by atoms with Crippen LogP contribution in [0.25, 0.3) is 0 Å². The zero-order valence-electron chi connectivity index (χ0n) is 11.4. The quantitative estimate of drug-likeness (QED) is 0.761. The molecule has 0 aliphatic carbocycles. The molecule has 1 atom stereocenters. The van der Waals surface area contributed by atoms with Gasteiger partial charge < -0.3 is 5.73 Å². The van der Waals surface area contributed by atoms with Gasteiger partial charge in [0.15, 0.2) is 5.82 Å².